The highest BCUT2D eigenvalue weighted by Crippen LogP contribution is 2.41. The maximum absolute atomic E-state index is 14.2. The van der Waals surface area contributed by atoms with Gasteiger partial charge in [0.15, 0.2) is 0 Å². The maximum Gasteiger partial charge on any atom is 0.307 e. The number of carbonyl (C=O) groups is 3. The molecule has 2 aromatic rings. The predicted molar refractivity (Wildman–Crippen MR) is 158 cm³/mol. The number of ether oxygens (including phenoxy) is 1. The third-order valence-corrected chi connectivity index (χ3v) is 8.77. The number of nitrogens with zero attached hydrogens (tertiary/aromatic N) is 3. The van der Waals surface area contributed by atoms with Gasteiger partial charge in [0.05, 0.1) is 23.6 Å². The average molecular weight is 576 g/mol. The number of carboxylic acid groups (broad SMARTS) is 1. The van der Waals surface area contributed by atoms with Crippen LogP contribution in [0.4, 0.5) is 0 Å². The van der Waals surface area contributed by atoms with Crippen molar-refractivity contribution >= 4 is 17.8 Å². The van der Waals surface area contributed by atoms with Crippen molar-refractivity contribution in [2.24, 2.45) is 23.4 Å². The van der Waals surface area contributed by atoms with E-state index in [1.54, 1.807) is 16.0 Å². The lowest BCUT2D eigenvalue weighted by molar-refractivity contribution is -0.153. The zero-order valence-corrected chi connectivity index (χ0v) is 24.4. The highest BCUT2D eigenvalue weighted by molar-refractivity contribution is 5.98. The minimum Gasteiger partial charge on any atom is -0.487 e. The quantitative estimate of drug-likeness (QED) is 0.305. The Labute approximate surface area is 246 Å². The Kier molecular flexibility index (Phi) is 8.72. The molecule has 2 amide bonds. The SMILES string of the molecule is CC(C)N(N)/C=C(\N)COc1cccc2c1[C@@H](CN1Cc3ccccc3C1=O)N(C(=O)[C@@H]1CCCC[C@@H]1C(=O)O)CC2. The number of rotatable bonds is 9. The van der Waals surface area contributed by atoms with E-state index in [2.05, 4.69) is 0 Å². The zero-order chi connectivity index (χ0) is 30.0. The maximum atomic E-state index is 14.2. The molecule has 2 aromatic carbocycles. The third kappa shape index (κ3) is 5.94. The zero-order valence-electron chi connectivity index (χ0n) is 24.4. The Morgan fingerprint density at radius 3 is 2.52 bits per heavy atom. The third-order valence-electron chi connectivity index (χ3n) is 8.77. The van der Waals surface area contributed by atoms with Crippen LogP contribution in [0.2, 0.25) is 0 Å². The van der Waals surface area contributed by atoms with E-state index in [4.69, 9.17) is 16.3 Å². The molecule has 2 heterocycles. The van der Waals surface area contributed by atoms with Crippen LogP contribution in [-0.4, -0.2) is 63.4 Å². The topological polar surface area (TPSA) is 142 Å². The highest BCUT2D eigenvalue weighted by atomic mass is 16.5. The van der Waals surface area contributed by atoms with E-state index in [0.29, 0.717) is 49.4 Å². The highest BCUT2D eigenvalue weighted by Gasteiger charge is 2.43. The lowest BCUT2D eigenvalue weighted by Gasteiger charge is -2.42. The molecule has 0 bridgehead atoms. The van der Waals surface area contributed by atoms with Gasteiger partial charge in [-0.3, -0.25) is 14.4 Å². The molecule has 0 aromatic heterocycles. The molecule has 0 saturated heterocycles. The van der Waals surface area contributed by atoms with Crippen molar-refractivity contribution < 1.29 is 24.2 Å². The van der Waals surface area contributed by atoms with Crippen molar-refractivity contribution in [2.45, 2.75) is 64.6 Å². The molecule has 224 valence electrons. The summed E-state index contributed by atoms with van der Waals surface area (Å²) in [7, 11) is 0. The summed E-state index contributed by atoms with van der Waals surface area (Å²) >= 11 is 0. The Hall–Kier alpha value is -4.05. The molecule has 5 N–H and O–H groups in total. The lowest BCUT2D eigenvalue weighted by Crippen LogP contribution is -2.49. The van der Waals surface area contributed by atoms with Gasteiger partial charge in [0, 0.05) is 43.0 Å². The van der Waals surface area contributed by atoms with Crippen LogP contribution in [-0.2, 0) is 22.6 Å². The first-order valence-electron chi connectivity index (χ1n) is 14.8. The van der Waals surface area contributed by atoms with Crippen LogP contribution in [0.3, 0.4) is 0 Å². The van der Waals surface area contributed by atoms with E-state index in [-0.39, 0.29) is 31.0 Å². The fourth-order valence-corrected chi connectivity index (χ4v) is 6.46. The van der Waals surface area contributed by atoms with Gasteiger partial charge in [0.25, 0.3) is 5.91 Å². The van der Waals surface area contributed by atoms with Crippen molar-refractivity contribution in [3.63, 3.8) is 0 Å². The van der Waals surface area contributed by atoms with Crippen LogP contribution in [0.1, 0.15) is 72.6 Å². The van der Waals surface area contributed by atoms with Crippen molar-refractivity contribution in [1.29, 1.82) is 0 Å². The summed E-state index contributed by atoms with van der Waals surface area (Å²) in [5.41, 5.74) is 10.2. The molecule has 0 radical (unpaired) electrons. The molecule has 1 fully saturated rings. The van der Waals surface area contributed by atoms with Crippen LogP contribution >= 0.6 is 0 Å². The molecular formula is C32H41N5O5. The summed E-state index contributed by atoms with van der Waals surface area (Å²) in [5, 5.41) is 11.4. The number of hydrazine groups is 1. The normalized spacial score (nSPS) is 22.1. The fourth-order valence-electron chi connectivity index (χ4n) is 6.46. The van der Waals surface area contributed by atoms with Crippen molar-refractivity contribution in [3.8, 4) is 5.75 Å². The number of hydrogen-bond acceptors (Lipinski definition) is 7. The first kappa shape index (κ1) is 29.4. The largest absolute Gasteiger partial charge is 0.487 e. The van der Waals surface area contributed by atoms with Gasteiger partial charge >= 0.3 is 5.97 Å². The van der Waals surface area contributed by atoms with Crippen molar-refractivity contribution in [2.75, 3.05) is 19.7 Å². The molecule has 2 aliphatic heterocycles. The minimum atomic E-state index is -0.922. The van der Waals surface area contributed by atoms with Gasteiger partial charge in [0.1, 0.15) is 12.4 Å². The first-order chi connectivity index (χ1) is 20.2. The molecule has 0 unspecified atom stereocenters. The second-order valence-corrected chi connectivity index (χ2v) is 11.8. The molecule has 5 rings (SSSR count). The summed E-state index contributed by atoms with van der Waals surface area (Å²) in [6.07, 6.45) is 4.91. The van der Waals surface area contributed by atoms with E-state index in [0.717, 1.165) is 29.5 Å². The summed E-state index contributed by atoms with van der Waals surface area (Å²) in [5.74, 6) is 4.14. The summed E-state index contributed by atoms with van der Waals surface area (Å²) in [4.78, 5) is 43.3. The Balaban J connectivity index is 1.49. The smallest absolute Gasteiger partial charge is 0.307 e. The number of carbonyl (C=O) groups excluding carboxylic acids is 2. The van der Waals surface area contributed by atoms with E-state index < -0.39 is 23.8 Å². The average Bonchev–Trinajstić information content (AvgIpc) is 3.30. The van der Waals surface area contributed by atoms with Gasteiger partial charge in [-0.15, -0.1) is 0 Å². The molecule has 42 heavy (non-hydrogen) atoms. The summed E-state index contributed by atoms with van der Waals surface area (Å²) in [6.45, 7) is 5.16. The van der Waals surface area contributed by atoms with E-state index >= 15 is 0 Å². The second-order valence-electron chi connectivity index (χ2n) is 11.8. The standard InChI is InChI=1S/C32H41N5O5/c1-20(2)37(34)17-23(33)19-42-28-13-7-9-21-14-15-36(31(39)25-11-5-6-12-26(25)32(40)41)27(29(21)28)18-35-16-22-8-3-4-10-24(22)30(35)38/h3-4,7-10,13,17,20,25-27H,5-6,11-12,14-16,18-19,33-34H2,1-2H3,(H,40,41)/b23-17-/t25-,26+,27-/m1/s1. The Morgan fingerprint density at radius 1 is 1.10 bits per heavy atom. The van der Waals surface area contributed by atoms with Gasteiger partial charge in [-0.2, -0.15) is 0 Å². The summed E-state index contributed by atoms with van der Waals surface area (Å²) < 4.78 is 6.25. The van der Waals surface area contributed by atoms with Gasteiger partial charge in [0.2, 0.25) is 5.91 Å². The number of hydrogen-bond donors (Lipinski definition) is 3. The van der Waals surface area contributed by atoms with Crippen molar-refractivity contribution in [3.05, 3.63) is 76.6 Å². The van der Waals surface area contributed by atoms with Crippen molar-refractivity contribution in [1.82, 2.24) is 14.8 Å². The van der Waals surface area contributed by atoms with Gasteiger partial charge in [-0.05, 0) is 56.4 Å². The Bertz CT molecular complexity index is 1370. The second kappa shape index (κ2) is 12.4. The minimum absolute atomic E-state index is 0.0634. The molecule has 1 saturated carbocycles. The molecule has 10 nitrogen and oxygen atoms in total. The van der Waals surface area contributed by atoms with E-state index in [1.807, 2.05) is 56.3 Å². The Morgan fingerprint density at radius 2 is 1.81 bits per heavy atom. The van der Waals surface area contributed by atoms with Crippen LogP contribution in [0.25, 0.3) is 0 Å². The molecule has 3 atom stereocenters. The molecular weight excluding hydrogens is 534 g/mol. The van der Waals surface area contributed by atoms with Crippen LogP contribution in [0.5, 0.6) is 5.75 Å². The van der Waals surface area contributed by atoms with Crippen LogP contribution in [0, 0.1) is 11.8 Å². The molecule has 3 aliphatic rings. The van der Waals surface area contributed by atoms with E-state index in [9.17, 15) is 19.5 Å². The van der Waals surface area contributed by atoms with Crippen LogP contribution < -0.4 is 16.3 Å². The number of carboxylic acids is 1. The van der Waals surface area contributed by atoms with Gasteiger partial charge < -0.3 is 30.4 Å². The first-order valence-corrected chi connectivity index (χ1v) is 14.8. The van der Waals surface area contributed by atoms with Gasteiger partial charge in [-0.25, -0.2) is 5.84 Å². The fraction of sp³-hybridized carbons (Fsp3) is 0.469. The monoisotopic (exact) mass is 575 g/mol. The number of nitrogens with two attached hydrogens (primary N) is 2. The summed E-state index contributed by atoms with van der Waals surface area (Å²) in [6, 6.07) is 12.9. The number of fused-ring (bicyclic) bond motifs is 2. The van der Waals surface area contributed by atoms with Crippen LogP contribution in [0.15, 0.2) is 54.4 Å². The predicted octanol–water partition coefficient (Wildman–Crippen LogP) is 3.42. The molecule has 1 aliphatic carbocycles. The lowest BCUT2D eigenvalue weighted by atomic mass is 9.77. The van der Waals surface area contributed by atoms with Gasteiger partial charge in [-0.1, -0.05) is 43.2 Å². The number of aliphatic carboxylic acids is 1. The molecule has 10 heteroatoms. The number of benzene rings is 2. The van der Waals surface area contributed by atoms with E-state index in [1.165, 1.54) is 5.01 Å². The number of amides is 2. The molecule has 0 spiro atoms.